The quantitative estimate of drug-likeness (QED) is 0.822. The van der Waals surface area contributed by atoms with Crippen LogP contribution in [0.25, 0.3) is 10.9 Å². The number of halogens is 1. The zero-order valence-corrected chi connectivity index (χ0v) is 14.1. The van der Waals surface area contributed by atoms with Gasteiger partial charge in [0.15, 0.2) is 0 Å². The predicted octanol–water partition coefficient (Wildman–Crippen LogP) is 4.55. The van der Waals surface area contributed by atoms with Crippen LogP contribution in [0.4, 0.5) is 4.39 Å². The van der Waals surface area contributed by atoms with Gasteiger partial charge in [-0.2, -0.15) is 0 Å². The van der Waals surface area contributed by atoms with Crippen LogP contribution in [-0.2, 0) is 21.4 Å². The molecule has 3 rings (SSSR count). The average molecular weight is 317 g/mol. The molecule has 1 aromatic heterocycles. The van der Waals surface area contributed by atoms with Crippen molar-refractivity contribution < 1.29 is 13.9 Å². The van der Waals surface area contributed by atoms with Gasteiger partial charge in [0.1, 0.15) is 11.2 Å². The number of hydrogen-bond donors (Lipinski definition) is 1. The Bertz CT molecular complexity index is 749. The van der Waals surface area contributed by atoms with Crippen LogP contribution in [0.2, 0.25) is 0 Å². The Morgan fingerprint density at radius 1 is 1.39 bits per heavy atom. The van der Waals surface area contributed by atoms with E-state index in [1.54, 1.807) is 6.07 Å². The first-order valence-electron chi connectivity index (χ1n) is 8.52. The van der Waals surface area contributed by atoms with E-state index in [0.717, 1.165) is 59.8 Å². The van der Waals surface area contributed by atoms with E-state index < -0.39 is 5.41 Å². The maximum atomic E-state index is 13.8. The Hall–Kier alpha value is -1.84. The standard InChI is InChI=1S/C19H24FNO2/c1-4-6-8-19(18(22)23-5-2)9-7-14-15-11-13(20)10-12(3)16(15)21-17(14)19/h10-11,21H,4-9H2,1-3H3. The van der Waals surface area contributed by atoms with Crippen molar-refractivity contribution >= 4 is 16.9 Å². The molecule has 124 valence electrons. The molecule has 1 heterocycles. The van der Waals surface area contributed by atoms with Crippen LogP contribution in [0.15, 0.2) is 12.1 Å². The summed E-state index contributed by atoms with van der Waals surface area (Å²) in [7, 11) is 0. The fourth-order valence-electron chi connectivity index (χ4n) is 3.92. The molecule has 0 saturated heterocycles. The van der Waals surface area contributed by atoms with Crippen molar-refractivity contribution in [3.05, 3.63) is 34.8 Å². The molecule has 3 nitrogen and oxygen atoms in total. The van der Waals surface area contributed by atoms with Crippen LogP contribution < -0.4 is 0 Å². The van der Waals surface area contributed by atoms with Gasteiger partial charge in [0, 0.05) is 16.6 Å². The van der Waals surface area contributed by atoms with Crippen LogP contribution in [-0.4, -0.2) is 17.6 Å². The monoisotopic (exact) mass is 317 g/mol. The first-order valence-corrected chi connectivity index (χ1v) is 8.52. The van der Waals surface area contributed by atoms with Gasteiger partial charge in [0.25, 0.3) is 0 Å². The van der Waals surface area contributed by atoms with Gasteiger partial charge in [-0.1, -0.05) is 19.8 Å². The molecule has 0 saturated carbocycles. The number of nitrogens with one attached hydrogen (secondary N) is 1. The van der Waals surface area contributed by atoms with Crippen molar-refractivity contribution in [2.24, 2.45) is 0 Å². The summed E-state index contributed by atoms with van der Waals surface area (Å²) >= 11 is 0. The Kier molecular flexibility index (Phi) is 4.17. The van der Waals surface area contributed by atoms with Gasteiger partial charge in [-0.25, -0.2) is 4.39 Å². The first kappa shape index (κ1) is 16.0. The van der Waals surface area contributed by atoms with Crippen molar-refractivity contribution in [2.45, 2.75) is 58.3 Å². The van der Waals surface area contributed by atoms with Gasteiger partial charge in [-0.15, -0.1) is 0 Å². The lowest BCUT2D eigenvalue weighted by Gasteiger charge is -2.27. The van der Waals surface area contributed by atoms with E-state index in [0.29, 0.717) is 6.61 Å². The third-order valence-corrected chi connectivity index (χ3v) is 5.08. The molecule has 1 aromatic carbocycles. The summed E-state index contributed by atoms with van der Waals surface area (Å²) < 4.78 is 19.2. The zero-order valence-electron chi connectivity index (χ0n) is 14.1. The minimum Gasteiger partial charge on any atom is -0.465 e. The van der Waals surface area contributed by atoms with Gasteiger partial charge in [0.2, 0.25) is 0 Å². The predicted molar refractivity (Wildman–Crippen MR) is 89.2 cm³/mol. The minimum atomic E-state index is -0.594. The molecule has 1 aliphatic rings. The molecular formula is C19H24FNO2. The number of ether oxygens (including phenoxy) is 1. The second-order valence-corrected chi connectivity index (χ2v) is 6.53. The van der Waals surface area contributed by atoms with Crippen LogP contribution in [0.1, 0.15) is 56.4 Å². The van der Waals surface area contributed by atoms with Gasteiger partial charge in [-0.3, -0.25) is 4.79 Å². The van der Waals surface area contributed by atoms with Gasteiger partial charge < -0.3 is 9.72 Å². The Balaban J connectivity index is 2.16. The third-order valence-electron chi connectivity index (χ3n) is 5.08. The fraction of sp³-hybridized carbons (Fsp3) is 0.526. The van der Waals surface area contributed by atoms with E-state index in [-0.39, 0.29) is 11.8 Å². The molecule has 0 amide bonds. The number of aryl methyl sites for hydroxylation is 2. The number of hydrogen-bond acceptors (Lipinski definition) is 2. The number of carbonyl (C=O) groups is 1. The van der Waals surface area contributed by atoms with E-state index in [4.69, 9.17) is 4.74 Å². The van der Waals surface area contributed by atoms with Crippen molar-refractivity contribution in [2.75, 3.05) is 6.61 Å². The number of carbonyl (C=O) groups excluding carboxylic acids is 1. The average Bonchev–Trinajstić information content (AvgIpc) is 3.04. The summed E-state index contributed by atoms with van der Waals surface area (Å²) in [5.74, 6) is -0.365. The smallest absolute Gasteiger partial charge is 0.318 e. The van der Waals surface area contributed by atoms with E-state index in [2.05, 4.69) is 11.9 Å². The second-order valence-electron chi connectivity index (χ2n) is 6.53. The Morgan fingerprint density at radius 3 is 2.87 bits per heavy atom. The molecule has 0 fully saturated rings. The molecule has 0 bridgehead atoms. The highest BCUT2D eigenvalue weighted by atomic mass is 19.1. The highest BCUT2D eigenvalue weighted by Gasteiger charge is 2.48. The third kappa shape index (κ3) is 2.44. The van der Waals surface area contributed by atoms with E-state index in [1.807, 2.05) is 13.8 Å². The number of H-pyrrole nitrogens is 1. The molecule has 0 spiro atoms. The van der Waals surface area contributed by atoms with E-state index in [9.17, 15) is 9.18 Å². The molecule has 4 heteroatoms. The summed E-state index contributed by atoms with van der Waals surface area (Å²) in [5.41, 5.74) is 3.27. The summed E-state index contributed by atoms with van der Waals surface area (Å²) in [6.07, 6.45) is 4.33. The van der Waals surface area contributed by atoms with Crippen molar-refractivity contribution in [3.63, 3.8) is 0 Å². The van der Waals surface area contributed by atoms with Gasteiger partial charge in [0.05, 0.1) is 6.61 Å². The largest absolute Gasteiger partial charge is 0.465 e. The van der Waals surface area contributed by atoms with E-state index >= 15 is 0 Å². The zero-order chi connectivity index (χ0) is 16.6. The molecule has 2 aromatic rings. The lowest BCUT2D eigenvalue weighted by molar-refractivity contribution is -0.150. The molecule has 0 radical (unpaired) electrons. The van der Waals surface area contributed by atoms with Crippen molar-refractivity contribution in [1.29, 1.82) is 0 Å². The SMILES string of the molecule is CCCCC1(C(=O)OCC)CCc2c1[nH]c1c(C)cc(F)cc21. The summed E-state index contributed by atoms with van der Waals surface area (Å²) in [6, 6.07) is 3.12. The summed E-state index contributed by atoms with van der Waals surface area (Å²) in [6.45, 7) is 6.25. The highest BCUT2D eigenvalue weighted by molar-refractivity contribution is 5.93. The number of fused-ring (bicyclic) bond motifs is 3. The van der Waals surface area contributed by atoms with Crippen molar-refractivity contribution in [1.82, 2.24) is 4.98 Å². The van der Waals surface area contributed by atoms with Crippen LogP contribution in [0, 0.1) is 12.7 Å². The maximum absolute atomic E-state index is 13.8. The molecule has 1 N–H and O–H groups in total. The van der Waals surface area contributed by atoms with Crippen molar-refractivity contribution in [3.8, 4) is 0 Å². The molecule has 23 heavy (non-hydrogen) atoms. The first-order chi connectivity index (χ1) is 11.0. The summed E-state index contributed by atoms with van der Waals surface area (Å²) in [4.78, 5) is 16.2. The number of esters is 1. The lowest BCUT2D eigenvalue weighted by atomic mass is 9.80. The number of unbranched alkanes of at least 4 members (excludes halogenated alkanes) is 1. The highest BCUT2D eigenvalue weighted by Crippen LogP contribution is 2.46. The van der Waals surface area contributed by atoms with Crippen LogP contribution in [0.5, 0.6) is 0 Å². The van der Waals surface area contributed by atoms with Crippen LogP contribution in [0.3, 0.4) is 0 Å². The lowest BCUT2D eigenvalue weighted by Crippen LogP contribution is -2.36. The summed E-state index contributed by atoms with van der Waals surface area (Å²) in [5, 5.41) is 0.917. The number of benzene rings is 1. The number of rotatable bonds is 5. The number of aromatic nitrogens is 1. The van der Waals surface area contributed by atoms with Crippen LogP contribution >= 0.6 is 0 Å². The fourth-order valence-corrected chi connectivity index (χ4v) is 3.92. The van der Waals surface area contributed by atoms with Gasteiger partial charge in [-0.05, 0) is 56.4 Å². The minimum absolute atomic E-state index is 0.142. The van der Waals surface area contributed by atoms with E-state index in [1.165, 1.54) is 6.07 Å². The molecule has 1 aliphatic carbocycles. The Labute approximate surface area is 136 Å². The number of aromatic amines is 1. The molecule has 1 atom stereocenters. The normalized spacial score (nSPS) is 20.0. The molecule has 0 aliphatic heterocycles. The molecule has 1 unspecified atom stereocenters. The topological polar surface area (TPSA) is 42.1 Å². The van der Waals surface area contributed by atoms with Gasteiger partial charge >= 0.3 is 5.97 Å². The Morgan fingerprint density at radius 2 is 2.17 bits per heavy atom. The second kappa shape index (κ2) is 5.99. The molecular weight excluding hydrogens is 293 g/mol. The maximum Gasteiger partial charge on any atom is 0.318 e.